The molecule has 0 aliphatic carbocycles. The van der Waals surface area contributed by atoms with Gasteiger partial charge in [-0.1, -0.05) is 26.0 Å². The van der Waals surface area contributed by atoms with Crippen molar-refractivity contribution < 1.29 is 13.2 Å². The summed E-state index contributed by atoms with van der Waals surface area (Å²) in [5, 5.41) is 2.93. The number of rotatable bonds is 4. The number of carbonyl (C=O) groups excluding carboxylic acids is 1. The normalized spacial score (nSPS) is 16.7. The van der Waals surface area contributed by atoms with E-state index in [1.807, 2.05) is 31.2 Å². The van der Waals surface area contributed by atoms with Crippen LogP contribution in [0.4, 0.5) is 11.4 Å². The minimum absolute atomic E-state index is 0.138. The summed E-state index contributed by atoms with van der Waals surface area (Å²) < 4.78 is 25.4. The van der Waals surface area contributed by atoms with Crippen LogP contribution in [0.5, 0.6) is 0 Å². The molecule has 1 aliphatic heterocycles. The van der Waals surface area contributed by atoms with E-state index in [2.05, 4.69) is 19.2 Å². The number of hydrogen-bond donors (Lipinski definition) is 1. The largest absolute Gasteiger partial charge is 0.322 e. The van der Waals surface area contributed by atoms with Gasteiger partial charge in [0, 0.05) is 17.3 Å². The summed E-state index contributed by atoms with van der Waals surface area (Å²) in [5.41, 5.74) is 3.99. The summed E-state index contributed by atoms with van der Waals surface area (Å²) in [6.45, 7) is 6.09. The summed E-state index contributed by atoms with van der Waals surface area (Å²) in [4.78, 5) is 12.6. The number of carbonyl (C=O) groups is 1. The van der Waals surface area contributed by atoms with Crippen LogP contribution in [0.3, 0.4) is 0 Å². The molecule has 0 saturated carbocycles. The molecule has 1 atom stereocenters. The Morgan fingerprint density at radius 3 is 2.58 bits per heavy atom. The van der Waals surface area contributed by atoms with Crippen molar-refractivity contribution in [3.8, 4) is 0 Å². The molecule has 0 saturated heterocycles. The second-order valence-electron chi connectivity index (χ2n) is 7.19. The van der Waals surface area contributed by atoms with E-state index < -0.39 is 10.0 Å². The number of amides is 1. The number of nitrogens with zero attached hydrogens (tertiary/aromatic N) is 1. The summed E-state index contributed by atoms with van der Waals surface area (Å²) in [5.74, 6) is 0.189. The highest BCUT2D eigenvalue weighted by Crippen LogP contribution is 2.34. The third-order valence-electron chi connectivity index (χ3n) is 4.66. The molecule has 5 nitrogen and oxygen atoms in total. The van der Waals surface area contributed by atoms with Crippen molar-refractivity contribution in [2.24, 2.45) is 0 Å². The Bertz CT molecular complexity index is 951. The first-order valence-corrected chi connectivity index (χ1v) is 10.6. The van der Waals surface area contributed by atoms with Crippen LogP contribution in [-0.4, -0.2) is 26.6 Å². The van der Waals surface area contributed by atoms with E-state index >= 15 is 0 Å². The highest BCUT2D eigenvalue weighted by Gasteiger charge is 2.32. The zero-order valence-corrected chi connectivity index (χ0v) is 16.3. The summed E-state index contributed by atoms with van der Waals surface area (Å²) in [6, 6.07) is 12.9. The average Bonchev–Trinajstić information content (AvgIpc) is 2.89. The van der Waals surface area contributed by atoms with Crippen molar-refractivity contribution in [3.63, 3.8) is 0 Å². The molecule has 0 fully saturated rings. The second-order valence-corrected chi connectivity index (χ2v) is 9.05. The van der Waals surface area contributed by atoms with Crippen LogP contribution in [0.15, 0.2) is 42.5 Å². The Balaban J connectivity index is 1.85. The number of anilines is 2. The Kier molecular flexibility index (Phi) is 4.80. The van der Waals surface area contributed by atoms with Gasteiger partial charge in [0.05, 0.1) is 11.9 Å². The zero-order valence-electron chi connectivity index (χ0n) is 15.5. The van der Waals surface area contributed by atoms with Gasteiger partial charge in [-0.2, -0.15) is 0 Å². The standard InChI is InChI=1S/C20H24N2O3S/c1-13(2)15-6-5-7-18(12-15)21-20(23)16-8-9-19-17(11-16)10-14(3)22(19)26(4,24)25/h5-9,11-14H,10H2,1-4H3,(H,21,23). The van der Waals surface area contributed by atoms with E-state index in [1.54, 1.807) is 18.2 Å². The van der Waals surface area contributed by atoms with Gasteiger partial charge < -0.3 is 5.32 Å². The van der Waals surface area contributed by atoms with E-state index in [0.717, 1.165) is 16.8 Å². The van der Waals surface area contributed by atoms with E-state index in [9.17, 15) is 13.2 Å². The minimum atomic E-state index is -3.33. The van der Waals surface area contributed by atoms with Crippen LogP contribution in [0.2, 0.25) is 0 Å². The SMILES string of the molecule is CC(C)c1cccc(NC(=O)c2ccc3c(c2)CC(C)N3S(C)(=O)=O)c1. The van der Waals surface area contributed by atoms with E-state index in [-0.39, 0.29) is 11.9 Å². The average molecular weight is 372 g/mol. The van der Waals surface area contributed by atoms with Gasteiger partial charge in [-0.15, -0.1) is 0 Å². The molecule has 0 radical (unpaired) electrons. The third kappa shape index (κ3) is 3.60. The van der Waals surface area contributed by atoms with Crippen molar-refractivity contribution in [1.29, 1.82) is 0 Å². The number of nitrogens with one attached hydrogen (secondary N) is 1. The first kappa shape index (κ1) is 18.5. The lowest BCUT2D eigenvalue weighted by atomic mass is 10.0. The topological polar surface area (TPSA) is 66.5 Å². The number of hydrogen-bond acceptors (Lipinski definition) is 3. The van der Waals surface area contributed by atoms with Crippen LogP contribution in [0.1, 0.15) is 48.2 Å². The lowest BCUT2D eigenvalue weighted by molar-refractivity contribution is 0.102. The van der Waals surface area contributed by atoms with Crippen LogP contribution in [0, 0.1) is 0 Å². The lowest BCUT2D eigenvalue weighted by Gasteiger charge is -2.21. The van der Waals surface area contributed by atoms with E-state index in [0.29, 0.717) is 23.6 Å². The smallest absolute Gasteiger partial charge is 0.255 e. The van der Waals surface area contributed by atoms with Crippen molar-refractivity contribution >= 4 is 27.3 Å². The first-order chi connectivity index (χ1) is 12.2. The highest BCUT2D eigenvalue weighted by molar-refractivity contribution is 7.92. The molecule has 3 rings (SSSR count). The number of benzene rings is 2. The molecule has 0 aromatic heterocycles. The molecule has 0 spiro atoms. The molecule has 0 bridgehead atoms. The molecule has 2 aromatic carbocycles. The maximum absolute atomic E-state index is 12.6. The molecular formula is C20H24N2O3S. The van der Waals surface area contributed by atoms with Crippen LogP contribution >= 0.6 is 0 Å². The molecule has 2 aromatic rings. The molecular weight excluding hydrogens is 348 g/mol. The quantitative estimate of drug-likeness (QED) is 0.888. The lowest BCUT2D eigenvalue weighted by Crippen LogP contribution is -2.34. The third-order valence-corrected chi connectivity index (χ3v) is 5.93. The molecule has 138 valence electrons. The molecule has 6 heteroatoms. The van der Waals surface area contributed by atoms with Gasteiger partial charge in [0.25, 0.3) is 5.91 Å². The van der Waals surface area contributed by atoms with Gasteiger partial charge in [-0.05, 0) is 60.7 Å². The molecule has 26 heavy (non-hydrogen) atoms. The maximum Gasteiger partial charge on any atom is 0.255 e. The summed E-state index contributed by atoms with van der Waals surface area (Å²) in [6.07, 6.45) is 1.81. The van der Waals surface area contributed by atoms with Gasteiger partial charge in [0.15, 0.2) is 0 Å². The second kappa shape index (κ2) is 6.76. The summed E-state index contributed by atoms with van der Waals surface area (Å²) >= 11 is 0. The zero-order chi connectivity index (χ0) is 19.1. The fraction of sp³-hybridized carbons (Fsp3) is 0.350. The Hall–Kier alpha value is -2.34. The van der Waals surface area contributed by atoms with Gasteiger partial charge in [0.1, 0.15) is 0 Å². The Labute approximate surface area is 155 Å². The Morgan fingerprint density at radius 1 is 1.19 bits per heavy atom. The fourth-order valence-electron chi connectivity index (χ4n) is 3.43. The van der Waals surface area contributed by atoms with Gasteiger partial charge >= 0.3 is 0 Å². The molecule has 1 aliphatic rings. The Morgan fingerprint density at radius 2 is 1.92 bits per heavy atom. The van der Waals surface area contributed by atoms with Gasteiger partial charge in [-0.25, -0.2) is 8.42 Å². The van der Waals surface area contributed by atoms with Crippen LogP contribution in [-0.2, 0) is 16.4 Å². The van der Waals surface area contributed by atoms with Crippen molar-refractivity contribution in [1.82, 2.24) is 0 Å². The van der Waals surface area contributed by atoms with Crippen molar-refractivity contribution in [2.75, 3.05) is 15.9 Å². The molecule has 1 unspecified atom stereocenters. The summed E-state index contributed by atoms with van der Waals surface area (Å²) in [7, 11) is -3.33. The van der Waals surface area contributed by atoms with Crippen LogP contribution < -0.4 is 9.62 Å². The monoisotopic (exact) mass is 372 g/mol. The van der Waals surface area contributed by atoms with Crippen molar-refractivity contribution in [2.45, 2.75) is 39.2 Å². The molecule has 1 heterocycles. The van der Waals surface area contributed by atoms with Gasteiger partial charge in [0.2, 0.25) is 10.0 Å². The molecule has 1 N–H and O–H groups in total. The number of sulfonamides is 1. The van der Waals surface area contributed by atoms with Crippen molar-refractivity contribution in [3.05, 3.63) is 59.2 Å². The van der Waals surface area contributed by atoms with Gasteiger partial charge in [-0.3, -0.25) is 9.10 Å². The number of fused-ring (bicyclic) bond motifs is 1. The van der Waals surface area contributed by atoms with Crippen LogP contribution in [0.25, 0.3) is 0 Å². The minimum Gasteiger partial charge on any atom is -0.322 e. The van der Waals surface area contributed by atoms with E-state index in [4.69, 9.17) is 0 Å². The molecule has 1 amide bonds. The highest BCUT2D eigenvalue weighted by atomic mass is 32.2. The predicted molar refractivity (Wildman–Crippen MR) is 105 cm³/mol. The van der Waals surface area contributed by atoms with E-state index in [1.165, 1.54) is 10.6 Å². The maximum atomic E-state index is 12.6. The fourth-order valence-corrected chi connectivity index (χ4v) is 4.69. The predicted octanol–water partition coefficient (Wildman–Crippen LogP) is 3.77. The first-order valence-electron chi connectivity index (χ1n) is 8.70.